The molecule has 1 aromatic heterocycles. The lowest BCUT2D eigenvalue weighted by Gasteiger charge is -2.10. The van der Waals surface area contributed by atoms with Gasteiger partial charge in [-0.15, -0.1) is 0 Å². The quantitative estimate of drug-likeness (QED) is 0.139. The molecule has 0 saturated heterocycles. The van der Waals surface area contributed by atoms with Crippen molar-refractivity contribution in [2.24, 2.45) is 0 Å². The van der Waals surface area contributed by atoms with E-state index in [1.807, 2.05) is 97.1 Å². The average Bonchev–Trinajstić information content (AvgIpc) is 3.04. The number of nitrogens with one attached hydrogen (secondary N) is 2. The van der Waals surface area contributed by atoms with Crippen molar-refractivity contribution in [3.8, 4) is 22.3 Å². The molecular weight excluding hydrogens is 546 g/mol. The lowest BCUT2D eigenvalue weighted by atomic mass is 10.1. The van der Waals surface area contributed by atoms with Gasteiger partial charge in [-0.25, -0.2) is 9.78 Å². The highest BCUT2D eigenvalue weighted by atomic mass is 32.2. The van der Waals surface area contributed by atoms with Gasteiger partial charge in [-0.05, 0) is 58.7 Å². The van der Waals surface area contributed by atoms with Crippen LogP contribution in [0.2, 0.25) is 0 Å². The second-order valence-corrected chi connectivity index (χ2v) is 10.2. The lowest BCUT2D eigenvalue weighted by Crippen LogP contribution is -2.21. The zero-order chi connectivity index (χ0) is 29.1. The Morgan fingerprint density at radius 2 is 1.10 bits per heavy atom. The van der Waals surface area contributed by atoms with E-state index < -0.39 is 18.5 Å². The molecule has 5 rings (SSSR count). The van der Waals surface area contributed by atoms with Crippen molar-refractivity contribution < 1.29 is 19.1 Å². The third-order valence-corrected chi connectivity index (χ3v) is 7.22. The van der Waals surface area contributed by atoms with Crippen LogP contribution in [0.5, 0.6) is 0 Å². The Morgan fingerprint density at radius 1 is 0.595 bits per heavy atom. The van der Waals surface area contributed by atoms with Crippen LogP contribution in [0.15, 0.2) is 133 Å². The standard InChI is InChI=1S/C34H27N3O4S/c38-31(36-28-17-13-26(14-18-28)24-8-3-1-4-9-24)22-41-34(40)30-12-7-21-35-33(30)42-23-32(39)37-29-19-15-27(16-20-29)25-10-5-2-6-11-25/h1-21H,22-23H2,(H,36,38)(H,37,39). The van der Waals surface area contributed by atoms with Crippen LogP contribution in [0, 0.1) is 0 Å². The van der Waals surface area contributed by atoms with Crippen LogP contribution in [0.1, 0.15) is 10.4 Å². The molecular formula is C34H27N3O4S. The summed E-state index contributed by atoms with van der Waals surface area (Å²) in [7, 11) is 0. The lowest BCUT2D eigenvalue weighted by molar-refractivity contribution is -0.119. The summed E-state index contributed by atoms with van der Waals surface area (Å²) < 4.78 is 5.24. The van der Waals surface area contributed by atoms with Crippen LogP contribution in [0.3, 0.4) is 0 Å². The minimum Gasteiger partial charge on any atom is -0.452 e. The van der Waals surface area contributed by atoms with Gasteiger partial charge < -0.3 is 15.4 Å². The molecule has 0 bridgehead atoms. The van der Waals surface area contributed by atoms with Gasteiger partial charge in [0.05, 0.1) is 11.3 Å². The van der Waals surface area contributed by atoms with Gasteiger partial charge in [-0.2, -0.15) is 0 Å². The zero-order valence-electron chi connectivity index (χ0n) is 22.5. The molecule has 0 aliphatic heterocycles. The van der Waals surface area contributed by atoms with E-state index in [1.165, 1.54) is 6.20 Å². The Labute approximate surface area is 248 Å². The first-order valence-electron chi connectivity index (χ1n) is 13.2. The van der Waals surface area contributed by atoms with Crippen LogP contribution in [-0.2, 0) is 14.3 Å². The van der Waals surface area contributed by atoms with Crippen molar-refractivity contribution in [3.05, 3.63) is 133 Å². The summed E-state index contributed by atoms with van der Waals surface area (Å²) in [6.07, 6.45) is 1.53. The predicted octanol–water partition coefficient (Wildman–Crippen LogP) is 6.94. The smallest absolute Gasteiger partial charge is 0.341 e. The molecule has 5 aromatic rings. The van der Waals surface area contributed by atoms with E-state index in [1.54, 1.807) is 24.3 Å². The van der Waals surface area contributed by atoms with Gasteiger partial charge in [0.25, 0.3) is 5.91 Å². The molecule has 0 saturated carbocycles. The van der Waals surface area contributed by atoms with Gasteiger partial charge in [0.2, 0.25) is 5.91 Å². The van der Waals surface area contributed by atoms with Crippen molar-refractivity contribution in [1.29, 1.82) is 0 Å². The number of benzene rings is 4. The number of hydrogen-bond donors (Lipinski definition) is 2. The van der Waals surface area contributed by atoms with Crippen LogP contribution < -0.4 is 10.6 Å². The molecule has 0 unspecified atom stereocenters. The molecule has 42 heavy (non-hydrogen) atoms. The van der Waals surface area contributed by atoms with Crippen molar-refractivity contribution in [2.45, 2.75) is 5.03 Å². The van der Waals surface area contributed by atoms with E-state index in [9.17, 15) is 14.4 Å². The summed E-state index contributed by atoms with van der Waals surface area (Å²) in [4.78, 5) is 42.0. The van der Waals surface area contributed by atoms with Crippen LogP contribution >= 0.6 is 11.8 Å². The molecule has 1 heterocycles. The van der Waals surface area contributed by atoms with Crippen LogP contribution in [0.4, 0.5) is 11.4 Å². The molecule has 208 valence electrons. The Kier molecular flexibility index (Phi) is 9.39. The number of anilines is 2. The largest absolute Gasteiger partial charge is 0.452 e. The molecule has 0 aliphatic rings. The molecule has 0 radical (unpaired) electrons. The summed E-state index contributed by atoms with van der Waals surface area (Å²) in [6, 6.07) is 38.0. The number of amides is 2. The Bertz CT molecular complexity index is 1660. The maximum atomic E-state index is 12.8. The fourth-order valence-corrected chi connectivity index (χ4v) is 4.93. The highest BCUT2D eigenvalue weighted by Crippen LogP contribution is 2.24. The minimum atomic E-state index is -0.697. The van der Waals surface area contributed by atoms with E-state index in [4.69, 9.17) is 4.74 Å². The molecule has 4 aromatic carbocycles. The number of rotatable bonds is 10. The summed E-state index contributed by atoms with van der Waals surface area (Å²) in [5.74, 6) is -1.37. The summed E-state index contributed by atoms with van der Waals surface area (Å²) in [6.45, 7) is -0.461. The number of nitrogens with zero attached hydrogens (tertiary/aromatic N) is 1. The third-order valence-electron chi connectivity index (χ3n) is 6.22. The SMILES string of the molecule is O=C(COC(=O)c1cccnc1SCC(=O)Nc1ccc(-c2ccccc2)cc1)Nc1ccc(-c2ccccc2)cc1. The average molecular weight is 574 g/mol. The topological polar surface area (TPSA) is 97.4 Å². The second kappa shape index (κ2) is 13.9. The van der Waals surface area contributed by atoms with Gasteiger partial charge in [0.1, 0.15) is 5.03 Å². The number of hydrogen-bond acceptors (Lipinski definition) is 6. The van der Waals surface area contributed by atoms with Gasteiger partial charge >= 0.3 is 5.97 Å². The van der Waals surface area contributed by atoms with Crippen molar-refractivity contribution in [2.75, 3.05) is 23.0 Å². The molecule has 0 fully saturated rings. The minimum absolute atomic E-state index is 0.0389. The highest BCUT2D eigenvalue weighted by Gasteiger charge is 2.17. The number of thioether (sulfide) groups is 1. The summed E-state index contributed by atoms with van der Waals surface area (Å²) >= 11 is 1.11. The molecule has 0 atom stereocenters. The van der Waals surface area contributed by atoms with E-state index in [-0.39, 0.29) is 17.2 Å². The Balaban J connectivity index is 1.10. The fraction of sp³-hybridized carbons (Fsp3) is 0.0588. The number of esters is 1. The molecule has 7 nitrogen and oxygen atoms in total. The van der Waals surface area contributed by atoms with Crippen molar-refractivity contribution in [1.82, 2.24) is 4.98 Å². The van der Waals surface area contributed by atoms with Gasteiger partial charge in [-0.3, -0.25) is 9.59 Å². The van der Waals surface area contributed by atoms with E-state index in [0.717, 1.165) is 34.0 Å². The Hall–Kier alpha value is -5.21. The number of carbonyl (C=O) groups excluding carboxylic acids is 3. The maximum absolute atomic E-state index is 12.8. The first kappa shape index (κ1) is 28.3. The van der Waals surface area contributed by atoms with Gasteiger partial charge in [0.15, 0.2) is 6.61 Å². The van der Waals surface area contributed by atoms with E-state index in [2.05, 4.69) is 15.6 Å². The summed E-state index contributed by atoms with van der Waals surface area (Å²) in [5.41, 5.74) is 5.68. The van der Waals surface area contributed by atoms with Gasteiger partial charge in [-0.1, -0.05) is 96.7 Å². The van der Waals surface area contributed by atoms with Crippen molar-refractivity contribution >= 4 is 40.9 Å². The second-order valence-electron chi connectivity index (χ2n) is 9.20. The normalized spacial score (nSPS) is 10.5. The first-order valence-corrected chi connectivity index (χ1v) is 14.2. The van der Waals surface area contributed by atoms with Crippen LogP contribution in [0.25, 0.3) is 22.3 Å². The molecule has 8 heteroatoms. The zero-order valence-corrected chi connectivity index (χ0v) is 23.3. The maximum Gasteiger partial charge on any atom is 0.341 e. The van der Waals surface area contributed by atoms with Crippen molar-refractivity contribution in [3.63, 3.8) is 0 Å². The third kappa shape index (κ3) is 7.71. The number of pyridine rings is 1. The monoisotopic (exact) mass is 573 g/mol. The van der Waals surface area contributed by atoms with E-state index >= 15 is 0 Å². The van der Waals surface area contributed by atoms with Crippen LogP contribution in [-0.4, -0.2) is 35.1 Å². The van der Waals surface area contributed by atoms with Gasteiger partial charge in [0, 0.05) is 17.6 Å². The highest BCUT2D eigenvalue weighted by molar-refractivity contribution is 8.00. The number of aromatic nitrogens is 1. The molecule has 2 N–H and O–H groups in total. The number of carbonyl (C=O) groups is 3. The molecule has 2 amide bonds. The Morgan fingerprint density at radius 3 is 1.64 bits per heavy atom. The number of ether oxygens (including phenoxy) is 1. The predicted molar refractivity (Wildman–Crippen MR) is 166 cm³/mol. The van der Waals surface area contributed by atoms with E-state index in [0.29, 0.717) is 16.4 Å². The fourth-order valence-electron chi connectivity index (χ4n) is 4.15. The molecule has 0 spiro atoms. The summed E-state index contributed by atoms with van der Waals surface area (Å²) in [5, 5.41) is 5.93. The first-order chi connectivity index (χ1) is 20.5. The molecule has 0 aliphatic carbocycles.